The third-order valence-corrected chi connectivity index (χ3v) is 2.65. The van der Waals surface area contributed by atoms with E-state index in [-0.39, 0.29) is 12.4 Å². The fraction of sp³-hybridized carbons (Fsp3) is 0.571. The normalized spacial score (nSPS) is 12.4. The minimum absolute atomic E-state index is 0. The molecule has 0 aromatic rings. The van der Waals surface area contributed by atoms with Gasteiger partial charge in [-0.15, -0.1) is 12.4 Å². The summed E-state index contributed by atoms with van der Waals surface area (Å²) in [6, 6.07) is 0. The van der Waals surface area contributed by atoms with E-state index in [0.29, 0.717) is 15.6 Å². The molecule has 0 bridgehead atoms. The Morgan fingerprint density at radius 2 is 1.60 bits per heavy atom. The molecular formula is C14H26ClNO4. The first-order valence-corrected chi connectivity index (χ1v) is 6.08. The molecule has 0 heterocycles. The van der Waals surface area contributed by atoms with Crippen LogP contribution in [0.5, 0.6) is 0 Å². The quantitative estimate of drug-likeness (QED) is 0.632. The second-order valence-corrected chi connectivity index (χ2v) is 5.00. The van der Waals surface area contributed by atoms with Crippen LogP contribution in [0.25, 0.3) is 0 Å². The number of hydrogen-bond donors (Lipinski definition) is 1. The number of allylic oxidation sites excluding steroid dienone is 2. The van der Waals surface area contributed by atoms with E-state index >= 15 is 0 Å². The molecule has 0 fully saturated rings. The van der Waals surface area contributed by atoms with Crippen LogP contribution < -0.4 is 5.11 Å². The number of hydrogen-bond acceptors (Lipinski definition) is 3. The highest BCUT2D eigenvalue weighted by Gasteiger charge is 2.17. The predicted octanol–water partition coefficient (Wildman–Crippen LogP) is 1.59. The van der Waals surface area contributed by atoms with Crippen molar-refractivity contribution in [3.63, 3.8) is 0 Å². The lowest BCUT2D eigenvalue weighted by Gasteiger charge is -2.28. The summed E-state index contributed by atoms with van der Waals surface area (Å²) in [4.78, 5) is 20.4. The predicted molar refractivity (Wildman–Crippen MR) is 80.3 cm³/mol. The van der Waals surface area contributed by atoms with Gasteiger partial charge in [0.1, 0.15) is 5.70 Å². The summed E-state index contributed by atoms with van der Waals surface area (Å²) in [5.74, 6) is -1.91. The number of quaternary nitrogens is 1. The van der Waals surface area contributed by atoms with Crippen LogP contribution in [-0.4, -0.2) is 42.7 Å². The zero-order valence-electron chi connectivity index (χ0n) is 13.3. The average molecular weight is 308 g/mol. The Kier molecular flexibility index (Phi) is 12.4. The van der Waals surface area contributed by atoms with Crippen LogP contribution in [0.2, 0.25) is 0 Å². The number of carboxylic acids is 2. The van der Waals surface area contributed by atoms with E-state index in [2.05, 4.69) is 0 Å². The van der Waals surface area contributed by atoms with E-state index in [1.54, 1.807) is 26.8 Å². The van der Waals surface area contributed by atoms with Crippen molar-refractivity contribution < 1.29 is 24.3 Å². The molecule has 0 saturated heterocycles. The van der Waals surface area contributed by atoms with Crippen LogP contribution >= 0.6 is 12.4 Å². The highest BCUT2D eigenvalue weighted by molar-refractivity contribution is 5.85. The lowest BCUT2D eigenvalue weighted by Crippen LogP contribution is -2.37. The Labute approximate surface area is 127 Å². The molecule has 1 N–H and O–H groups in total. The second-order valence-electron chi connectivity index (χ2n) is 5.00. The molecule has 0 spiro atoms. The Balaban J connectivity index is -0.000000312. The fourth-order valence-electron chi connectivity index (χ4n) is 1.48. The Hall–Kier alpha value is -1.33. The summed E-state index contributed by atoms with van der Waals surface area (Å²) in [7, 11) is 5.85. The van der Waals surface area contributed by atoms with Gasteiger partial charge in [0.05, 0.1) is 27.1 Å². The molecule has 0 saturated carbocycles. The van der Waals surface area contributed by atoms with Crippen molar-refractivity contribution in [1.29, 1.82) is 0 Å². The smallest absolute Gasteiger partial charge is 0.330 e. The Morgan fingerprint density at radius 1 is 1.20 bits per heavy atom. The highest BCUT2D eigenvalue weighted by Crippen LogP contribution is 2.16. The molecule has 0 aromatic carbocycles. The molecule has 0 rings (SSSR count). The van der Waals surface area contributed by atoms with Gasteiger partial charge < -0.3 is 19.5 Å². The van der Waals surface area contributed by atoms with Gasteiger partial charge in [0.25, 0.3) is 0 Å². The fourth-order valence-corrected chi connectivity index (χ4v) is 1.48. The van der Waals surface area contributed by atoms with E-state index in [1.807, 2.05) is 28.1 Å². The van der Waals surface area contributed by atoms with Gasteiger partial charge in [0.15, 0.2) is 0 Å². The van der Waals surface area contributed by atoms with Gasteiger partial charge in [-0.05, 0) is 20.8 Å². The number of carbonyl (C=O) groups is 2. The largest absolute Gasteiger partial charge is 0.545 e. The molecule has 0 aliphatic carbocycles. The molecule has 0 aromatic heterocycles. The maximum atomic E-state index is 10.6. The van der Waals surface area contributed by atoms with Gasteiger partial charge in [-0.25, -0.2) is 4.79 Å². The number of carbonyl (C=O) groups excluding carboxylic acids is 1. The van der Waals surface area contributed by atoms with Crippen LogP contribution in [0.4, 0.5) is 0 Å². The molecule has 0 unspecified atom stereocenters. The molecule has 20 heavy (non-hydrogen) atoms. The zero-order valence-corrected chi connectivity index (χ0v) is 14.1. The number of carboxylic acid groups (broad SMARTS) is 2. The van der Waals surface area contributed by atoms with Crippen LogP contribution in [0.1, 0.15) is 34.1 Å². The third kappa shape index (κ3) is 9.58. The molecule has 0 radical (unpaired) electrons. The first kappa shape index (κ1) is 23.7. The first-order chi connectivity index (χ1) is 8.48. The number of halogens is 1. The number of nitrogens with zero attached hydrogens (tertiary/aromatic N) is 1. The summed E-state index contributed by atoms with van der Waals surface area (Å²) in [6.07, 6.45) is 2.30. The number of rotatable bonds is 4. The van der Waals surface area contributed by atoms with Crippen molar-refractivity contribution in [1.82, 2.24) is 0 Å². The lowest BCUT2D eigenvalue weighted by molar-refractivity contribution is -0.833. The van der Waals surface area contributed by atoms with Gasteiger partial charge in [0.2, 0.25) is 0 Å². The van der Waals surface area contributed by atoms with Crippen molar-refractivity contribution in [2.24, 2.45) is 0 Å². The first-order valence-electron chi connectivity index (χ1n) is 6.08. The molecule has 0 atom stereocenters. The van der Waals surface area contributed by atoms with Gasteiger partial charge in [0, 0.05) is 17.6 Å². The SMILES string of the molecule is CC=C(C)C(=O)O.CCC(=C(C)C(=O)[O-])[N+](C)(C)C.Cl. The Morgan fingerprint density at radius 3 is 1.65 bits per heavy atom. The topological polar surface area (TPSA) is 77.4 Å². The molecule has 0 amide bonds. The van der Waals surface area contributed by atoms with Gasteiger partial charge in [-0.2, -0.15) is 0 Å². The molecule has 118 valence electrons. The third-order valence-electron chi connectivity index (χ3n) is 2.65. The molecule has 6 heteroatoms. The average Bonchev–Trinajstić information content (AvgIpc) is 2.27. The summed E-state index contributed by atoms with van der Waals surface area (Å²) in [5, 5.41) is 18.7. The van der Waals surface area contributed by atoms with Crippen LogP contribution in [0.15, 0.2) is 22.9 Å². The summed E-state index contributed by atoms with van der Waals surface area (Å²) >= 11 is 0. The van der Waals surface area contributed by atoms with Crippen molar-refractivity contribution in [3.05, 3.63) is 22.9 Å². The van der Waals surface area contributed by atoms with Crippen molar-refractivity contribution in [2.45, 2.75) is 34.1 Å². The van der Waals surface area contributed by atoms with E-state index < -0.39 is 11.9 Å². The van der Waals surface area contributed by atoms with Gasteiger partial charge in [-0.3, -0.25) is 0 Å². The highest BCUT2D eigenvalue weighted by atomic mass is 35.5. The zero-order chi connectivity index (χ0) is 15.8. The number of aliphatic carboxylic acids is 2. The summed E-state index contributed by atoms with van der Waals surface area (Å²) in [6.45, 7) is 6.80. The minimum Gasteiger partial charge on any atom is -0.545 e. The van der Waals surface area contributed by atoms with E-state index in [1.165, 1.54) is 0 Å². The summed E-state index contributed by atoms with van der Waals surface area (Å²) < 4.78 is 0.552. The van der Waals surface area contributed by atoms with Crippen LogP contribution in [0.3, 0.4) is 0 Å². The van der Waals surface area contributed by atoms with Crippen molar-refractivity contribution in [2.75, 3.05) is 21.1 Å². The maximum absolute atomic E-state index is 10.6. The van der Waals surface area contributed by atoms with E-state index in [9.17, 15) is 14.7 Å². The monoisotopic (exact) mass is 307 g/mol. The molecule has 5 nitrogen and oxygen atoms in total. The van der Waals surface area contributed by atoms with Crippen LogP contribution in [0, 0.1) is 0 Å². The molecule has 0 aliphatic heterocycles. The summed E-state index contributed by atoms with van der Waals surface area (Å²) in [5.41, 5.74) is 1.64. The van der Waals surface area contributed by atoms with E-state index in [4.69, 9.17) is 5.11 Å². The van der Waals surface area contributed by atoms with Gasteiger partial charge in [-0.1, -0.05) is 13.0 Å². The minimum atomic E-state index is -1.07. The second kappa shape index (κ2) is 10.5. The maximum Gasteiger partial charge on any atom is 0.330 e. The van der Waals surface area contributed by atoms with Crippen molar-refractivity contribution >= 4 is 24.3 Å². The van der Waals surface area contributed by atoms with E-state index in [0.717, 1.165) is 12.1 Å². The van der Waals surface area contributed by atoms with Crippen LogP contribution in [-0.2, 0) is 9.59 Å². The standard InChI is InChI=1S/C9H17NO2.C5H8O2.ClH/c1-6-8(10(3,4)5)7(2)9(11)12;1-3-4(2)5(6)7;/h6H2,1-5H3;3H,1-2H3,(H,6,7);1H. The van der Waals surface area contributed by atoms with Gasteiger partial charge >= 0.3 is 5.97 Å². The Bertz CT molecular complexity index is 392. The molecular weight excluding hydrogens is 282 g/mol. The van der Waals surface area contributed by atoms with Crippen molar-refractivity contribution in [3.8, 4) is 0 Å². The molecule has 0 aliphatic rings. The lowest BCUT2D eigenvalue weighted by atomic mass is 10.1.